The van der Waals surface area contributed by atoms with E-state index >= 15 is 0 Å². The van der Waals surface area contributed by atoms with E-state index in [9.17, 15) is 31.4 Å². The van der Waals surface area contributed by atoms with E-state index in [0.717, 1.165) is 24.4 Å². The topological polar surface area (TPSA) is 116 Å². The molecule has 1 aliphatic heterocycles. The highest BCUT2D eigenvalue weighted by Crippen LogP contribution is 2.29. The standard InChI is InChI=1S/C19H19F6N7O2/c1-16(2,33)34-32-17(3)30-14(11-5-4-6-12(28-11)18(20,21)22)29-15(31-17)27-10-7-8-26-13(9-10)19(23,24)25/h4-9,32-33H,1-3H3,(H2,26,27,29,30,31). The van der Waals surface area contributed by atoms with E-state index in [-0.39, 0.29) is 23.2 Å². The molecule has 3 heterocycles. The molecule has 0 bridgehead atoms. The number of hydroxylamine groups is 1. The van der Waals surface area contributed by atoms with Crippen LogP contribution in [0.4, 0.5) is 32.0 Å². The Hall–Kier alpha value is -3.30. The van der Waals surface area contributed by atoms with Gasteiger partial charge in [0.15, 0.2) is 11.6 Å². The van der Waals surface area contributed by atoms with Crippen LogP contribution in [0.1, 0.15) is 37.9 Å². The van der Waals surface area contributed by atoms with Crippen LogP contribution in [-0.2, 0) is 17.2 Å². The number of alkyl halides is 6. The van der Waals surface area contributed by atoms with Gasteiger partial charge in [0.2, 0.25) is 11.7 Å². The quantitative estimate of drug-likeness (QED) is 0.288. The SMILES string of the molecule is CC1(NOC(C)(C)O)N=C(c2cccc(C(F)(F)F)n2)N=C(Nc2ccnc(C(F)(F)F)c2)N1. The van der Waals surface area contributed by atoms with Crippen LogP contribution in [0.25, 0.3) is 0 Å². The molecule has 0 saturated carbocycles. The highest BCUT2D eigenvalue weighted by molar-refractivity contribution is 6.10. The summed E-state index contributed by atoms with van der Waals surface area (Å²) in [6, 6.07) is 5.04. The van der Waals surface area contributed by atoms with Gasteiger partial charge in [-0.25, -0.2) is 9.98 Å². The first kappa shape index (κ1) is 25.3. The van der Waals surface area contributed by atoms with Crippen LogP contribution in [0.3, 0.4) is 0 Å². The average Bonchev–Trinajstić information content (AvgIpc) is 2.71. The third-order valence-electron chi connectivity index (χ3n) is 3.99. The third-order valence-corrected chi connectivity index (χ3v) is 3.99. The normalized spacial score (nSPS) is 19.2. The Morgan fingerprint density at radius 3 is 2.32 bits per heavy atom. The number of halogens is 6. The van der Waals surface area contributed by atoms with Crippen LogP contribution in [0.2, 0.25) is 0 Å². The van der Waals surface area contributed by atoms with Crippen molar-refractivity contribution in [1.82, 2.24) is 20.8 Å². The fourth-order valence-electron chi connectivity index (χ4n) is 2.59. The number of anilines is 1. The molecule has 2 aromatic heterocycles. The smallest absolute Gasteiger partial charge is 0.365 e. The van der Waals surface area contributed by atoms with E-state index in [0.29, 0.717) is 0 Å². The lowest BCUT2D eigenvalue weighted by Crippen LogP contribution is -2.60. The predicted octanol–water partition coefficient (Wildman–Crippen LogP) is 3.26. The van der Waals surface area contributed by atoms with Crippen molar-refractivity contribution in [2.45, 2.75) is 44.7 Å². The Labute approximate surface area is 189 Å². The summed E-state index contributed by atoms with van der Waals surface area (Å²) in [4.78, 5) is 20.1. The molecule has 0 spiro atoms. The molecule has 0 amide bonds. The van der Waals surface area contributed by atoms with Crippen molar-refractivity contribution in [3.63, 3.8) is 0 Å². The van der Waals surface area contributed by atoms with E-state index in [2.05, 4.69) is 36.1 Å². The van der Waals surface area contributed by atoms with Crippen LogP contribution in [0.5, 0.6) is 0 Å². The number of hydrogen-bond acceptors (Lipinski definition) is 9. The zero-order valence-electron chi connectivity index (χ0n) is 17.9. The minimum absolute atomic E-state index is 0.0717. The number of amidine groups is 1. The van der Waals surface area contributed by atoms with Gasteiger partial charge < -0.3 is 15.7 Å². The molecule has 2 aromatic rings. The van der Waals surface area contributed by atoms with Crippen molar-refractivity contribution in [3.05, 3.63) is 53.6 Å². The highest BCUT2D eigenvalue weighted by Gasteiger charge is 2.36. The number of guanidine groups is 1. The van der Waals surface area contributed by atoms with Crippen molar-refractivity contribution < 1.29 is 36.3 Å². The number of aromatic nitrogens is 2. The van der Waals surface area contributed by atoms with Gasteiger partial charge >= 0.3 is 12.4 Å². The molecule has 0 aliphatic carbocycles. The number of nitrogens with zero attached hydrogens (tertiary/aromatic N) is 4. The van der Waals surface area contributed by atoms with Gasteiger partial charge in [0.25, 0.3) is 0 Å². The summed E-state index contributed by atoms with van der Waals surface area (Å²) in [5, 5.41) is 15.1. The zero-order valence-corrected chi connectivity index (χ0v) is 17.9. The summed E-state index contributed by atoms with van der Waals surface area (Å²) in [5.74, 6) is -3.80. The minimum Gasteiger partial charge on any atom is -0.365 e. The molecule has 34 heavy (non-hydrogen) atoms. The van der Waals surface area contributed by atoms with Crippen molar-refractivity contribution in [2.24, 2.45) is 9.98 Å². The first-order valence-corrected chi connectivity index (χ1v) is 9.53. The summed E-state index contributed by atoms with van der Waals surface area (Å²) in [6.45, 7) is 3.98. The molecule has 0 saturated heterocycles. The molecule has 1 aliphatic rings. The number of aliphatic hydroxyl groups is 1. The van der Waals surface area contributed by atoms with Crippen molar-refractivity contribution in [1.29, 1.82) is 0 Å². The fourth-order valence-corrected chi connectivity index (χ4v) is 2.59. The van der Waals surface area contributed by atoms with Crippen LogP contribution in [0, 0.1) is 0 Å². The maximum absolute atomic E-state index is 13.1. The van der Waals surface area contributed by atoms with Gasteiger partial charge in [0.1, 0.15) is 17.1 Å². The molecular formula is C19H19F6N7O2. The maximum Gasteiger partial charge on any atom is 0.433 e. The summed E-state index contributed by atoms with van der Waals surface area (Å²) in [6.07, 6.45) is -8.51. The molecule has 0 fully saturated rings. The molecule has 1 atom stereocenters. The number of hydrogen-bond donors (Lipinski definition) is 4. The second-order valence-corrected chi connectivity index (χ2v) is 7.70. The highest BCUT2D eigenvalue weighted by atomic mass is 19.4. The van der Waals surface area contributed by atoms with Gasteiger partial charge in [-0.1, -0.05) is 6.07 Å². The average molecular weight is 491 g/mol. The monoisotopic (exact) mass is 491 g/mol. The first-order chi connectivity index (χ1) is 15.5. The predicted molar refractivity (Wildman–Crippen MR) is 108 cm³/mol. The summed E-state index contributed by atoms with van der Waals surface area (Å²) in [5.41, 5.74) is -0.281. The van der Waals surface area contributed by atoms with Crippen LogP contribution in [-0.4, -0.2) is 38.4 Å². The van der Waals surface area contributed by atoms with Gasteiger partial charge in [0, 0.05) is 11.9 Å². The van der Waals surface area contributed by atoms with E-state index < -0.39 is 35.3 Å². The lowest BCUT2D eigenvalue weighted by molar-refractivity contribution is -0.233. The van der Waals surface area contributed by atoms with Gasteiger partial charge in [-0.2, -0.15) is 36.8 Å². The number of pyridine rings is 2. The second kappa shape index (κ2) is 8.81. The lowest BCUT2D eigenvalue weighted by atomic mass is 10.2. The second-order valence-electron chi connectivity index (χ2n) is 7.70. The van der Waals surface area contributed by atoms with Crippen molar-refractivity contribution >= 4 is 17.5 Å². The van der Waals surface area contributed by atoms with Gasteiger partial charge in [-0.05, 0) is 45.0 Å². The van der Waals surface area contributed by atoms with E-state index in [1.165, 1.54) is 32.9 Å². The summed E-state index contributed by atoms with van der Waals surface area (Å²) >= 11 is 0. The molecule has 0 radical (unpaired) electrons. The minimum atomic E-state index is -4.73. The van der Waals surface area contributed by atoms with Crippen molar-refractivity contribution in [3.8, 4) is 0 Å². The Bertz CT molecular complexity index is 1110. The van der Waals surface area contributed by atoms with E-state index in [4.69, 9.17) is 4.84 Å². The van der Waals surface area contributed by atoms with E-state index in [1.807, 2.05) is 0 Å². The van der Waals surface area contributed by atoms with Crippen LogP contribution >= 0.6 is 0 Å². The third kappa shape index (κ3) is 6.61. The number of nitrogens with one attached hydrogen (secondary N) is 3. The Balaban J connectivity index is 2.00. The lowest BCUT2D eigenvalue weighted by Gasteiger charge is -2.34. The molecular weight excluding hydrogens is 472 g/mol. The number of aliphatic imine (C=N–C) groups is 2. The van der Waals surface area contributed by atoms with Crippen molar-refractivity contribution in [2.75, 3.05) is 5.32 Å². The van der Waals surface area contributed by atoms with Crippen LogP contribution in [0.15, 0.2) is 46.5 Å². The van der Waals surface area contributed by atoms with E-state index in [1.54, 1.807) is 0 Å². The summed E-state index contributed by atoms with van der Waals surface area (Å²) < 4.78 is 78.3. The Morgan fingerprint density at radius 2 is 1.71 bits per heavy atom. The molecule has 3 rings (SSSR count). The molecule has 9 nitrogen and oxygen atoms in total. The molecule has 0 aromatic carbocycles. The Kier molecular flexibility index (Phi) is 6.56. The Morgan fingerprint density at radius 1 is 1.03 bits per heavy atom. The molecule has 184 valence electrons. The fraction of sp³-hybridized carbons (Fsp3) is 0.368. The maximum atomic E-state index is 13.1. The first-order valence-electron chi connectivity index (χ1n) is 9.53. The molecule has 1 unspecified atom stereocenters. The van der Waals surface area contributed by atoms with Crippen LogP contribution < -0.4 is 16.1 Å². The largest absolute Gasteiger partial charge is 0.433 e. The van der Waals surface area contributed by atoms with Gasteiger partial charge in [-0.15, -0.1) is 0 Å². The molecule has 4 N–H and O–H groups in total. The zero-order chi connectivity index (χ0) is 25.4. The number of rotatable bonds is 5. The van der Waals surface area contributed by atoms with Gasteiger partial charge in [0.05, 0.1) is 0 Å². The molecule has 15 heteroatoms. The van der Waals surface area contributed by atoms with Gasteiger partial charge in [-0.3, -0.25) is 9.82 Å². The summed E-state index contributed by atoms with van der Waals surface area (Å²) in [7, 11) is 0.